The molecular formula is C9H15ClO3. The Labute approximate surface area is 83.3 Å². The maximum atomic E-state index is 10.7. The van der Waals surface area contributed by atoms with Crippen LogP contribution in [0.5, 0.6) is 0 Å². The highest BCUT2D eigenvalue weighted by atomic mass is 35.5. The van der Waals surface area contributed by atoms with Gasteiger partial charge in [-0.1, -0.05) is 0 Å². The predicted molar refractivity (Wildman–Crippen MR) is 49.6 cm³/mol. The number of esters is 1. The molecule has 1 fully saturated rings. The van der Waals surface area contributed by atoms with Crippen molar-refractivity contribution < 1.29 is 14.3 Å². The summed E-state index contributed by atoms with van der Waals surface area (Å²) in [6.45, 7) is 5.28. The lowest BCUT2D eigenvalue weighted by atomic mass is 9.97. The highest BCUT2D eigenvalue weighted by Gasteiger charge is 2.36. The van der Waals surface area contributed by atoms with Crippen LogP contribution in [0.1, 0.15) is 33.6 Å². The van der Waals surface area contributed by atoms with Gasteiger partial charge < -0.3 is 9.47 Å². The fraction of sp³-hybridized carbons (Fsp3) is 0.889. The number of carbonyl (C=O) groups excluding carboxylic acids is 1. The number of rotatable bonds is 1. The van der Waals surface area contributed by atoms with Gasteiger partial charge >= 0.3 is 5.97 Å². The number of hydrogen-bond acceptors (Lipinski definition) is 3. The summed E-state index contributed by atoms with van der Waals surface area (Å²) in [5.41, 5.74) is -0.245. The van der Waals surface area contributed by atoms with Crippen molar-refractivity contribution in [1.29, 1.82) is 0 Å². The molecule has 1 heterocycles. The molecular weight excluding hydrogens is 192 g/mol. The van der Waals surface area contributed by atoms with Crippen LogP contribution >= 0.6 is 11.6 Å². The molecule has 0 saturated carbocycles. The maximum Gasteiger partial charge on any atom is 0.304 e. The van der Waals surface area contributed by atoms with Gasteiger partial charge in [-0.2, -0.15) is 0 Å². The topological polar surface area (TPSA) is 35.5 Å². The monoisotopic (exact) mass is 206 g/mol. The second-order valence-corrected chi connectivity index (χ2v) is 4.47. The van der Waals surface area contributed by atoms with Crippen molar-refractivity contribution in [3.05, 3.63) is 0 Å². The number of hydrogen-bond donors (Lipinski definition) is 0. The third kappa shape index (κ3) is 3.16. The molecule has 13 heavy (non-hydrogen) atoms. The summed E-state index contributed by atoms with van der Waals surface area (Å²) < 4.78 is 10.5. The summed E-state index contributed by atoms with van der Waals surface area (Å²) in [5, 5.41) is -0.225. The molecule has 0 amide bonds. The molecule has 1 rings (SSSR count). The Morgan fingerprint density at radius 2 is 2.23 bits per heavy atom. The van der Waals surface area contributed by atoms with E-state index in [0.29, 0.717) is 0 Å². The van der Waals surface area contributed by atoms with Crippen molar-refractivity contribution in [1.82, 2.24) is 0 Å². The van der Waals surface area contributed by atoms with Gasteiger partial charge in [0, 0.05) is 6.92 Å². The normalized spacial score (nSPS) is 32.6. The molecule has 0 spiro atoms. The van der Waals surface area contributed by atoms with Crippen molar-refractivity contribution in [2.24, 2.45) is 0 Å². The molecule has 0 aromatic heterocycles. The lowest BCUT2D eigenvalue weighted by Crippen LogP contribution is -2.43. The number of ether oxygens (including phenoxy) is 2. The third-order valence-corrected chi connectivity index (χ3v) is 2.46. The Balaban J connectivity index is 2.55. The largest absolute Gasteiger partial charge is 0.434 e. The van der Waals surface area contributed by atoms with Crippen LogP contribution in [-0.2, 0) is 14.3 Å². The zero-order chi connectivity index (χ0) is 10.1. The van der Waals surface area contributed by atoms with Crippen molar-refractivity contribution in [2.45, 2.75) is 50.9 Å². The van der Waals surface area contributed by atoms with Crippen LogP contribution in [0.25, 0.3) is 0 Å². The third-order valence-electron chi connectivity index (χ3n) is 2.03. The second kappa shape index (κ2) is 3.84. The van der Waals surface area contributed by atoms with E-state index in [0.717, 1.165) is 12.8 Å². The van der Waals surface area contributed by atoms with Gasteiger partial charge in [0.15, 0.2) is 0 Å². The maximum absolute atomic E-state index is 10.7. The minimum atomic E-state index is -0.595. The molecule has 3 nitrogen and oxygen atoms in total. The summed E-state index contributed by atoms with van der Waals surface area (Å²) in [5.74, 6) is -0.353. The lowest BCUT2D eigenvalue weighted by molar-refractivity contribution is -0.220. The van der Waals surface area contributed by atoms with E-state index in [9.17, 15) is 4.79 Å². The first-order valence-corrected chi connectivity index (χ1v) is 4.83. The molecule has 0 unspecified atom stereocenters. The number of carbonyl (C=O) groups is 1. The predicted octanol–water partition coefficient (Wildman–Crippen LogP) is 2.07. The van der Waals surface area contributed by atoms with E-state index >= 15 is 0 Å². The fourth-order valence-corrected chi connectivity index (χ4v) is 1.54. The van der Waals surface area contributed by atoms with Gasteiger partial charge in [0.1, 0.15) is 0 Å². The van der Waals surface area contributed by atoms with Gasteiger partial charge in [-0.3, -0.25) is 4.79 Å². The van der Waals surface area contributed by atoms with E-state index in [1.165, 1.54) is 6.92 Å². The number of alkyl halides is 1. The second-order valence-electron chi connectivity index (χ2n) is 3.91. The van der Waals surface area contributed by atoms with Crippen molar-refractivity contribution in [3.63, 3.8) is 0 Å². The molecule has 0 aromatic rings. The Morgan fingerprint density at radius 1 is 1.62 bits per heavy atom. The van der Waals surface area contributed by atoms with Crippen LogP contribution < -0.4 is 0 Å². The van der Waals surface area contributed by atoms with E-state index in [4.69, 9.17) is 21.1 Å². The molecule has 0 radical (unpaired) electrons. The molecule has 0 aromatic carbocycles. The lowest BCUT2D eigenvalue weighted by Gasteiger charge is -2.37. The first-order chi connectivity index (χ1) is 5.91. The summed E-state index contributed by atoms with van der Waals surface area (Å²) in [6.07, 6.45) is 1.11. The average molecular weight is 207 g/mol. The van der Waals surface area contributed by atoms with Crippen LogP contribution in [0, 0.1) is 0 Å². The zero-order valence-electron chi connectivity index (χ0n) is 8.17. The van der Waals surface area contributed by atoms with Crippen molar-refractivity contribution in [3.8, 4) is 0 Å². The molecule has 0 aliphatic carbocycles. The highest BCUT2D eigenvalue weighted by Crippen LogP contribution is 2.31. The van der Waals surface area contributed by atoms with Gasteiger partial charge in [0.05, 0.1) is 11.0 Å². The van der Waals surface area contributed by atoms with Crippen LogP contribution in [0.4, 0.5) is 0 Å². The molecule has 1 saturated heterocycles. The van der Waals surface area contributed by atoms with E-state index in [-0.39, 0.29) is 16.9 Å². The first-order valence-electron chi connectivity index (χ1n) is 4.40. The summed E-state index contributed by atoms with van der Waals surface area (Å²) in [7, 11) is 0. The summed E-state index contributed by atoms with van der Waals surface area (Å²) in [6, 6.07) is 0. The number of halogens is 1. The molecule has 76 valence electrons. The minimum absolute atomic E-state index is 0.225. The molecule has 4 heteroatoms. The van der Waals surface area contributed by atoms with Crippen LogP contribution in [0.2, 0.25) is 0 Å². The van der Waals surface area contributed by atoms with Gasteiger partial charge in [-0.05, 0) is 26.7 Å². The van der Waals surface area contributed by atoms with Crippen molar-refractivity contribution in [2.75, 3.05) is 0 Å². The highest BCUT2D eigenvalue weighted by molar-refractivity contribution is 6.21. The van der Waals surface area contributed by atoms with Crippen LogP contribution in [-0.4, -0.2) is 23.2 Å². The molecule has 0 N–H and O–H groups in total. The Hall–Kier alpha value is -0.280. The molecule has 1 aliphatic heterocycles. The molecule has 2 atom stereocenters. The van der Waals surface area contributed by atoms with Gasteiger partial charge in [-0.25, -0.2) is 0 Å². The van der Waals surface area contributed by atoms with Gasteiger partial charge in [0.25, 0.3) is 0 Å². The molecule has 0 bridgehead atoms. The Morgan fingerprint density at radius 3 is 2.77 bits per heavy atom. The minimum Gasteiger partial charge on any atom is -0.434 e. The SMILES string of the molecule is CC(=O)O[C@H]1OC(C)(C)CC[C@H]1Cl. The van der Waals surface area contributed by atoms with Crippen LogP contribution in [0.3, 0.4) is 0 Å². The smallest absolute Gasteiger partial charge is 0.304 e. The first kappa shape index (κ1) is 10.8. The summed E-state index contributed by atoms with van der Waals surface area (Å²) >= 11 is 5.95. The van der Waals surface area contributed by atoms with Crippen LogP contribution in [0.15, 0.2) is 0 Å². The Kier molecular flexibility index (Phi) is 3.19. The van der Waals surface area contributed by atoms with Gasteiger partial charge in [0.2, 0.25) is 6.29 Å². The fourth-order valence-electron chi connectivity index (χ4n) is 1.33. The van der Waals surface area contributed by atoms with Gasteiger partial charge in [-0.15, -0.1) is 11.6 Å². The van der Waals surface area contributed by atoms with E-state index in [2.05, 4.69) is 0 Å². The Bertz CT molecular complexity index is 203. The molecule has 1 aliphatic rings. The quantitative estimate of drug-likeness (QED) is 0.487. The summed E-state index contributed by atoms with van der Waals surface area (Å²) in [4.78, 5) is 10.7. The average Bonchev–Trinajstić information content (AvgIpc) is 1.95. The van der Waals surface area contributed by atoms with E-state index < -0.39 is 6.29 Å². The van der Waals surface area contributed by atoms with Crippen molar-refractivity contribution >= 4 is 17.6 Å². The van der Waals surface area contributed by atoms with E-state index in [1.807, 2.05) is 13.8 Å². The standard InChI is InChI=1S/C9H15ClO3/c1-6(11)12-8-7(10)4-5-9(2,3)13-8/h7-8H,4-5H2,1-3H3/t7-,8+/m1/s1. The van der Waals surface area contributed by atoms with E-state index in [1.54, 1.807) is 0 Å². The zero-order valence-corrected chi connectivity index (χ0v) is 8.93.